The molecule has 5 nitrogen and oxygen atoms in total. The number of nitrogens with one attached hydrogen (secondary N) is 1. The maximum atomic E-state index is 5.87. The Hall–Kier alpha value is -0.810. The van der Waals surface area contributed by atoms with Crippen LogP contribution in [0.3, 0.4) is 0 Å². The second kappa shape index (κ2) is 10.00. The average molecular weight is 284 g/mol. The molecule has 0 aliphatic carbocycles. The second-order valence-electron chi connectivity index (χ2n) is 5.77. The van der Waals surface area contributed by atoms with Crippen molar-refractivity contribution in [1.82, 2.24) is 10.2 Å². The van der Waals surface area contributed by atoms with Crippen LogP contribution in [0.4, 0.5) is 0 Å². The zero-order chi connectivity index (χ0) is 14.8. The zero-order valence-electron chi connectivity index (χ0n) is 13.4. The number of piperidine rings is 1. The molecule has 1 saturated heterocycles. The summed E-state index contributed by atoms with van der Waals surface area (Å²) in [5, 5.41) is 3.14. The lowest BCUT2D eigenvalue weighted by Crippen LogP contribution is -2.42. The fourth-order valence-electron chi connectivity index (χ4n) is 2.41. The fourth-order valence-corrected chi connectivity index (χ4v) is 2.41. The Kier molecular flexibility index (Phi) is 8.62. The number of nitrogens with zero attached hydrogens (tertiary/aromatic N) is 2. The molecule has 5 heteroatoms. The summed E-state index contributed by atoms with van der Waals surface area (Å²) in [4.78, 5) is 6.96. The van der Waals surface area contributed by atoms with Crippen LogP contribution in [0.1, 0.15) is 40.0 Å². The molecule has 0 bridgehead atoms. The number of hydrogen-bond donors (Lipinski definition) is 2. The minimum Gasteiger partial charge on any atom is -0.382 e. The Morgan fingerprint density at radius 1 is 1.45 bits per heavy atom. The van der Waals surface area contributed by atoms with Gasteiger partial charge >= 0.3 is 0 Å². The van der Waals surface area contributed by atoms with Crippen LogP contribution >= 0.6 is 0 Å². The number of guanidine groups is 1. The molecule has 118 valence electrons. The maximum absolute atomic E-state index is 5.87. The Morgan fingerprint density at radius 3 is 2.80 bits per heavy atom. The van der Waals surface area contributed by atoms with Gasteiger partial charge in [-0.1, -0.05) is 6.92 Å². The van der Waals surface area contributed by atoms with Gasteiger partial charge in [-0.15, -0.1) is 0 Å². The van der Waals surface area contributed by atoms with E-state index in [2.05, 4.69) is 29.1 Å². The SMILES string of the molecule is CCOCCCNC(N)=NCC(C)N1CCC(C)CC1. The molecule has 1 aliphatic rings. The molecular weight excluding hydrogens is 252 g/mol. The molecule has 1 rings (SSSR count). The standard InChI is InChI=1S/C15H32N4O/c1-4-20-11-5-8-17-15(16)18-12-14(3)19-9-6-13(2)7-10-19/h13-14H,4-12H2,1-3H3,(H3,16,17,18). The predicted molar refractivity (Wildman–Crippen MR) is 85.0 cm³/mol. The summed E-state index contributed by atoms with van der Waals surface area (Å²) in [6, 6.07) is 0.478. The molecule has 0 aromatic heterocycles. The lowest BCUT2D eigenvalue weighted by atomic mass is 9.98. The van der Waals surface area contributed by atoms with Crippen LogP contribution in [0, 0.1) is 5.92 Å². The Balaban J connectivity index is 2.14. The Labute approximate surface area is 124 Å². The number of ether oxygens (including phenoxy) is 1. The molecule has 1 aliphatic heterocycles. The van der Waals surface area contributed by atoms with E-state index in [9.17, 15) is 0 Å². The summed E-state index contributed by atoms with van der Waals surface area (Å²) in [6.07, 6.45) is 3.57. The van der Waals surface area contributed by atoms with E-state index in [0.717, 1.165) is 38.6 Å². The fraction of sp³-hybridized carbons (Fsp3) is 0.933. The second-order valence-corrected chi connectivity index (χ2v) is 5.77. The highest BCUT2D eigenvalue weighted by atomic mass is 16.5. The van der Waals surface area contributed by atoms with Gasteiger partial charge in [0.25, 0.3) is 0 Å². The van der Waals surface area contributed by atoms with Crippen LogP contribution in [0.2, 0.25) is 0 Å². The summed E-state index contributed by atoms with van der Waals surface area (Å²) in [5.41, 5.74) is 5.87. The van der Waals surface area contributed by atoms with E-state index in [1.54, 1.807) is 0 Å². The molecule has 20 heavy (non-hydrogen) atoms. The van der Waals surface area contributed by atoms with Gasteiger partial charge in [-0.3, -0.25) is 9.89 Å². The largest absolute Gasteiger partial charge is 0.382 e. The molecule has 1 unspecified atom stereocenters. The third kappa shape index (κ3) is 7.10. The van der Waals surface area contributed by atoms with Crippen LogP contribution < -0.4 is 11.1 Å². The monoisotopic (exact) mass is 284 g/mol. The van der Waals surface area contributed by atoms with Crippen molar-refractivity contribution in [3.8, 4) is 0 Å². The summed E-state index contributed by atoms with van der Waals surface area (Å²) >= 11 is 0. The van der Waals surface area contributed by atoms with Crippen LogP contribution in [0.15, 0.2) is 4.99 Å². The molecule has 1 heterocycles. The van der Waals surface area contributed by atoms with E-state index >= 15 is 0 Å². The zero-order valence-corrected chi connectivity index (χ0v) is 13.4. The van der Waals surface area contributed by atoms with Crippen molar-refractivity contribution in [2.45, 2.75) is 46.1 Å². The van der Waals surface area contributed by atoms with Crippen molar-refractivity contribution < 1.29 is 4.74 Å². The molecule has 0 spiro atoms. The minimum atomic E-state index is 0.478. The maximum Gasteiger partial charge on any atom is 0.188 e. The summed E-state index contributed by atoms with van der Waals surface area (Å²) < 4.78 is 5.27. The van der Waals surface area contributed by atoms with E-state index in [1.807, 2.05) is 6.92 Å². The van der Waals surface area contributed by atoms with E-state index in [1.165, 1.54) is 25.9 Å². The van der Waals surface area contributed by atoms with E-state index in [-0.39, 0.29) is 0 Å². The lowest BCUT2D eigenvalue weighted by molar-refractivity contribution is 0.145. The van der Waals surface area contributed by atoms with Crippen molar-refractivity contribution in [1.29, 1.82) is 0 Å². The normalized spacial score (nSPS) is 20.1. The highest BCUT2D eigenvalue weighted by Crippen LogP contribution is 2.17. The number of rotatable bonds is 8. The van der Waals surface area contributed by atoms with Gasteiger partial charge in [-0.05, 0) is 52.1 Å². The van der Waals surface area contributed by atoms with Gasteiger partial charge in [-0.2, -0.15) is 0 Å². The van der Waals surface area contributed by atoms with E-state index in [4.69, 9.17) is 10.5 Å². The number of aliphatic imine (C=N–C) groups is 1. The summed E-state index contributed by atoms with van der Waals surface area (Å²) in [7, 11) is 0. The Morgan fingerprint density at radius 2 is 2.15 bits per heavy atom. The predicted octanol–water partition coefficient (Wildman–Crippen LogP) is 1.44. The smallest absolute Gasteiger partial charge is 0.188 e. The molecule has 3 N–H and O–H groups in total. The van der Waals surface area contributed by atoms with Gasteiger partial charge in [0.2, 0.25) is 0 Å². The molecule has 0 aromatic carbocycles. The first-order valence-corrected chi connectivity index (χ1v) is 7.99. The van der Waals surface area contributed by atoms with Crippen molar-refractivity contribution in [3.63, 3.8) is 0 Å². The third-order valence-corrected chi connectivity index (χ3v) is 3.94. The highest BCUT2D eigenvalue weighted by molar-refractivity contribution is 5.77. The molecule has 0 amide bonds. The molecule has 0 radical (unpaired) electrons. The molecule has 0 aromatic rings. The first-order valence-electron chi connectivity index (χ1n) is 7.99. The van der Waals surface area contributed by atoms with Crippen LogP contribution in [0.5, 0.6) is 0 Å². The summed E-state index contributed by atoms with van der Waals surface area (Å²) in [6.45, 7) is 12.1. The summed E-state index contributed by atoms with van der Waals surface area (Å²) in [5.74, 6) is 1.43. The third-order valence-electron chi connectivity index (χ3n) is 3.94. The molecule has 1 atom stereocenters. The molecule has 1 fully saturated rings. The Bertz CT molecular complexity index is 275. The van der Waals surface area contributed by atoms with Gasteiger partial charge in [0.05, 0.1) is 6.54 Å². The molecule has 0 saturated carbocycles. The number of likely N-dealkylation sites (tertiary alicyclic amines) is 1. The average Bonchev–Trinajstić information content (AvgIpc) is 2.45. The highest BCUT2D eigenvalue weighted by Gasteiger charge is 2.19. The van der Waals surface area contributed by atoms with E-state index in [0.29, 0.717) is 12.0 Å². The van der Waals surface area contributed by atoms with Crippen molar-refractivity contribution in [2.24, 2.45) is 16.6 Å². The van der Waals surface area contributed by atoms with Gasteiger partial charge in [0, 0.05) is 25.8 Å². The first kappa shape index (κ1) is 17.2. The van der Waals surface area contributed by atoms with E-state index < -0.39 is 0 Å². The lowest BCUT2D eigenvalue weighted by Gasteiger charge is -2.34. The van der Waals surface area contributed by atoms with Gasteiger partial charge in [0.1, 0.15) is 0 Å². The van der Waals surface area contributed by atoms with Crippen molar-refractivity contribution in [2.75, 3.05) is 39.4 Å². The van der Waals surface area contributed by atoms with Gasteiger partial charge in [0.15, 0.2) is 5.96 Å². The van der Waals surface area contributed by atoms with Crippen LogP contribution in [-0.4, -0.2) is 56.3 Å². The van der Waals surface area contributed by atoms with Crippen molar-refractivity contribution in [3.05, 3.63) is 0 Å². The van der Waals surface area contributed by atoms with Gasteiger partial charge in [-0.25, -0.2) is 0 Å². The van der Waals surface area contributed by atoms with Crippen LogP contribution in [-0.2, 0) is 4.74 Å². The minimum absolute atomic E-state index is 0.478. The molecular formula is C15H32N4O. The quantitative estimate of drug-likeness (QED) is 0.402. The number of hydrogen-bond acceptors (Lipinski definition) is 3. The van der Waals surface area contributed by atoms with Crippen molar-refractivity contribution >= 4 is 5.96 Å². The first-order chi connectivity index (χ1) is 9.63. The number of nitrogens with two attached hydrogens (primary N) is 1. The van der Waals surface area contributed by atoms with Gasteiger partial charge < -0.3 is 15.8 Å². The van der Waals surface area contributed by atoms with Crippen LogP contribution in [0.25, 0.3) is 0 Å². The topological polar surface area (TPSA) is 62.9 Å².